The van der Waals surface area contributed by atoms with Crippen molar-refractivity contribution in [1.82, 2.24) is 5.32 Å². The molecule has 2 unspecified atom stereocenters. The highest BCUT2D eigenvalue weighted by Crippen LogP contribution is 2.40. The molecular weight excluding hydrogens is 302 g/mol. The highest BCUT2D eigenvalue weighted by atomic mass is 19.3. The van der Waals surface area contributed by atoms with E-state index in [2.05, 4.69) is 15.4 Å². The average molecular weight is 318 g/mol. The summed E-state index contributed by atoms with van der Waals surface area (Å²) in [6.45, 7) is -2.86. The van der Waals surface area contributed by atoms with Gasteiger partial charge in [-0.2, -0.15) is 8.78 Å². The highest BCUT2D eigenvalue weighted by molar-refractivity contribution is 5.89. The van der Waals surface area contributed by atoms with E-state index in [4.69, 9.17) is 0 Å². The lowest BCUT2D eigenvalue weighted by atomic mass is 10.1. The van der Waals surface area contributed by atoms with Gasteiger partial charge in [0.2, 0.25) is 0 Å². The van der Waals surface area contributed by atoms with Gasteiger partial charge in [0.15, 0.2) is 0 Å². The fraction of sp³-hybridized carbons (Fsp3) is 0.235. The van der Waals surface area contributed by atoms with Crippen LogP contribution in [0.25, 0.3) is 0 Å². The van der Waals surface area contributed by atoms with Crippen LogP contribution in [-0.4, -0.2) is 18.7 Å². The van der Waals surface area contributed by atoms with E-state index in [1.54, 1.807) is 0 Å². The van der Waals surface area contributed by atoms with Crippen molar-refractivity contribution < 1.29 is 18.3 Å². The molecule has 2 atom stereocenters. The van der Waals surface area contributed by atoms with Crippen molar-refractivity contribution in [3.63, 3.8) is 0 Å². The molecule has 1 saturated carbocycles. The van der Waals surface area contributed by atoms with Gasteiger partial charge in [0.05, 0.1) is 0 Å². The molecule has 1 aliphatic rings. The van der Waals surface area contributed by atoms with Gasteiger partial charge >= 0.3 is 12.6 Å². The van der Waals surface area contributed by atoms with Gasteiger partial charge in [0.1, 0.15) is 5.75 Å². The van der Waals surface area contributed by atoms with Crippen molar-refractivity contribution >= 4 is 11.7 Å². The summed E-state index contributed by atoms with van der Waals surface area (Å²) in [5, 5.41) is 5.57. The first-order valence-corrected chi connectivity index (χ1v) is 7.29. The monoisotopic (exact) mass is 318 g/mol. The first kappa shape index (κ1) is 15.3. The van der Waals surface area contributed by atoms with Gasteiger partial charge in [-0.15, -0.1) is 0 Å². The summed E-state index contributed by atoms with van der Waals surface area (Å²) < 4.78 is 28.4. The number of carbonyl (C=O) groups is 1. The lowest BCUT2D eigenvalue weighted by molar-refractivity contribution is -0.0498. The van der Waals surface area contributed by atoms with E-state index in [0.717, 1.165) is 6.42 Å². The topological polar surface area (TPSA) is 50.4 Å². The van der Waals surface area contributed by atoms with Gasteiger partial charge < -0.3 is 15.4 Å². The maximum Gasteiger partial charge on any atom is 0.387 e. The zero-order chi connectivity index (χ0) is 16.2. The third-order valence-electron chi connectivity index (χ3n) is 3.67. The molecule has 2 aromatic rings. The standard InChI is InChI=1S/C17H16F2N2O2/c18-16(19)23-13-8-6-12(7-9-13)20-17(22)21-15-10-14(15)11-4-2-1-3-5-11/h1-9,14-16H,10H2,(H2,20,21,22). The third kappa shape index (κ3) is 4.18. The number of nitrogens with one attached hydrogen (secondary N) is 2. The Labute approximate surface area is 132 Å². The van der Waals surface area contributed by atoms with Crippen molar-refractivity contribution in [1.29, 1.82) is 0 Å². The third-order valence-corrected chi connectivity index (χ3v) is 3.67. The van der Waals surface area contributed by atoms with Crippen LogP contribution in [0.3, 0.4) is 0 Å². The summed E-state index contributed by atoms with van der Waals surface area (Å²) >= 11 is 0. The second kappa shape index (κ2) is 6.64. The van der Waals surface area contributed by atoms with Crippen LogP contribution in [0.1, 0.15) is 17.9 Å². The average Bonchev–Trinajstić information content (AvgIpc) is 3.28. The minimum Gasteiger partial charge on any atom is -0.435 e. The smallest absolute Gasteiger partial charge is 0.387 e. The number of hydrogen-bond donors (Lipinski definition) is 2. The molecule has 0 spiro atoms. The molecule has 0 heterocycles. The van der Waals surface area contributed by atoms with Crippen molar-refractivity contribution in [2.45, 2.75) is 25.0 Å². The molecule has 0 aromatic heterocycles. The van der Waals surface area contributed by atoms with Crippen LogP contribution >= 0.6 is 0 Å². The summed E-state index contributed by atoms with van der Waals surface area (Å²) in [6.07, 6.45) is 0.915. The Morgan fingerprint density at radius 3 is 2.43 bits per heavy atom. The van der Waals surface area contributed by atoms with E-state index < -0.39 is 6.61 Å². The SMILES string of the molecule is O=C(Nc1ccc(OC(F)F)cc1)NC1CC1c1ccccc1. The zero-order valence-electron chi connectivity index (χ0n) is 12.2. The predicted octanol–water partition coefficient (Wildman–Crippen LogP) is 3.97. The Morgan fingerprint density at radius 1 is 1.09 bits per heavy atom. The summed E-state index contributed by atoms with van der Waals surface area (Å²) in [4.78, 5) is 11.9. The van der Waals surface area contributed by atoms with Gasteiger partial charge in [-0.05, 0) is 36.2 Å². The Balaban J connectivity index is 1.49. The first-order valence-electron chi connectivity index (χ1n) is 7.29. The van der Waals surface area contributed by atoms with Crippen LogP contribution in [0.4, 0.5) is 19.3 Å². The summed E-state index contributed by atoms with van der Waals surface area (Å²) in [7, 11) is 0. The molecule has 2 amide bonds. The maximum atomic E-state index is 12.1. The van der Waals surface area contributed by atoms with Gasteiger partial charge in [-0.1, -0.05) is 30.3 Å². The van der Waals surface area contributed by atoms with Crippen LogP contribution in [-0.2, 0) is 0 Å². The number of halogens is 2. The van der Waals surface area contributed by atoms with Crippen molar-refractivity contribution in [3.8, 4) is 5.75 Å². The number of ether oxygens (including phenoxy) is 1. The van der Waals surface area contributed by atoms with Crippen LogP contribution < -0.4 is 15.4 Å². The molecule has 2 N–H and O–H groups in total. The van der Waals surface area contributed by atoms with Crippen molar-refractivity contribution in [2.75, 3.05) is 5.32 Å². The number of rotatable bonds is 5. The van der Waals surface area contributed by atoms with Gasteiger partial charge in [0.25, 0.3) is 0 Å². The molecule has 120 valence electrons. The number of anilines is 1. The molecular formula is C17H16F2N2O2. The number of amides is 2. The van der Waals surface area contributed by atoms with Crippen molar-refractivity contribution in [3.05, 3.63) is 60.2 Å². The summed E-state index contributed by atoms with van der Waals surface area (Å²) in [5.41, 5.74) is 1.73. The van der Waals surface area contributed by atoms with Crippen LogP contribution in [0.2, 0.25) is 0 Å². The maximum absolute atomic E-state index is 12.1. The van der Waals surface area contributed by atoms with Crippen LogP contribution in [0.5, 0.6) is 5.75 Å². The molecule has 6 heteroatoms. The number of alkyl halides is 2. The zero-order valence-corrected chi connectivity index (χ0v) is 12.2. The quantitative estimate of drug-likeness (QED) is 0.876. The molecule has 1 aliphatic carbocycles. The van der Waals surface area contributed by atoms with Gasteiger partial charge in [0, 0.05) is 17.6 Å². The fourth-order valence-corrected chi connectivity index (χ4v) is 2.48. The van der Waals surface area contributed by atoms with Crippen LogP contribution in [0, 0.1) is 0 Å². The molecule has 0 saturated heterocycles. The van der Waals surface area contributed by atoms with E-state index >= 15 is 0 Å². The molecule has 0 aliphatic heterocycles. The summed E-state index contributed by atoms with van der Waals surface area (Å²) in [5.74, 6) is 0.404. The van der Waals surface area contributed by atoms with E-state index in [1.807, 2.05) is 30.3 Å². The molecule has 23 heavy (non-hydrogen) atoms. The number of carbonyl (C=O) groups excluding carboxylic acids is 1. The molecule has 2 aromatic carbocycles. The van der Waals surface area contributed by atoms with E-state index in [-0.39, 0.29) is 17.8 Å². The van der Waals surface area contributed by atoms with Gasteiger partial charge in [-0.25, -0.2) is 4.79 Å². The first-order chi connectivity index (χ1) is 11.1. The minimum absolute atomic E-state index is 0.0530. The fourth-order valence-electron chi connectivity index (χ4n) is 2.48. The van der Waals surface area contributed by atoms with Crippen molar-refractivity contribution in [2.24, 2.45) is 0 Å². The lowest BCUT2D eigenvalue weighted by Gasteiger charge is -2.09. The lowest BCUT2D eigenvalue weighted by Crippen LogP contribution is -2.31. The van der Waals surface area contributed by atoms with E-state index in [0.29, 0.717) is 11.6 Å². The second-order valence-corrected chi connectivity index (χ2v) is 5.36. The predicted molar refractivity (Wildman–Crippen MR) is 82.8 cm³/mol. The van der Waals surface area contributed by atoms with Gasteiger partial charge in [-0.3, -0.25) is 0 Å². The number of urea groups is 1. The Bertz CT molecular complexity index is 662. The normalized spacial score (nSPS) is 19.3. The van der Waals surface area contributed by atoms with E-state index in [9.17, 15) is 13.6 Å². The number of hydrogen-bond acceptors (Lipinski definition) is 2. The van der Waals surface area contributed by atoms with Crippen LogP contribution in [0.15, 0.2) is 54.6 Å². The Hall–Kier alpha value is -2.63. The van der Waals surface area contributed by atoms with E-state index in [1.165, 1.54) is 29.8 Å². The number of benzene rings is 2. The minimum atomic E-state index is -2.86. The summed E-state index contributed by atoms with van der Waals surface area (Å²) in [6, 6.07) is 15.6. The molecule has 1 fully saturated rings. The molecule has 0 bridgehead atoms. The molecule has 0 radical (unpaired) electrons. The Morgan fingerprint density at radius 2 is 1.78 bits per heavy atom. The second-order valence-electron chi connectivity index (χ2n) is 5.36. The highest BCUT2D eigenvalue weighted by Gasteiger charge is 2.39. The molecule has 4 nitrogen and oxygen atoms in total. The Kier molecular flexibility index (Phi) is 4.41. The molecule has 3 rings (SSSR count). The largest absolute Gasteiger partial charge is 0.435 e.